The van der Waals surface area contributed by atoms with Crippen molar-refractivity contribution in [3.05, 3.63) is 29.8 Å². The minimum Gasteiger partial charge on any atom is -0.497 e. The lowest BCUT2D eigenvalue weighted by molar-refractivity contribution is -0.132. The Morgan fingerprint density at radius 3 is 2.83 bits per heavy atom. The normalized spacial score (nSPS) is 17.1. The van der Waals surface area contributed by atoms with Crippen LogP contribution in [-0.4, -0.2) is 43.6 Å². The highest BCUT2D eigenvalue weighted by molar-refractivity contribution is 5.76. The topological polar surface area (TPSA) is 41.6 Å². The van der Waals surface area contributed by atoms with E-state index in [2.05, 4.69) is 31.3 Å². The van der Waals surface area contributed by atoms with Crippen LogP contribution >= 0.6 is 0 Å². The molecule has 23 heavy (non-hydrogen) atoms. The van der Waals surface area contributed by atoms with Gasteiger partial charge in [0, 0.05) is 32.1 Å². The Kier molecular flexibility index (Phi) is 6.90. The maximum atomic E-state index is 12.2. The standard InChI is InChI=1S/C19H30N2O2/c1-15-8-11-21(12-9-15)19(22)7-10-20-16(2)13-17-5-4-6-18(14-17)23-3/h4-6,14-16,20H,7-13H2,1-3H3. The van der Waals surface area contributed by atoms with E-state index in [1.165, 1.54) is 5.56 Å². The quantitative estimate of drug-likeness (QED) is 0.840. The van der Waals surface area contributed by atoms with Crippen molar-refractivity contribution in [3.8, 4) is 5.75 Å². The van der Waals surface area contributed by atoms with Gasteiger partial charge >= 0.3 is 0 Å². The van der Waals surface area contributed by atoms with Crippen LogP contribution in [0.15, 0.2) is 24.3 Å². The second-order valence-electron chi connectivity index (χ2n) is 6.72. The Morgan fingerprint density at radius 1 is 1.39 bits per heavy atom. The first-order chi connectivity index (χ1) is 11.1. The minimum atomic E-state index is 0.290. The summed E-state index contributed by atoms with van der Waals surface area (Å²) in [6, 6.07) is 8.50. The third-order valence-corrected chi connectivity index (χ3v) is 4.64. The number of hydrogen-bond donors (Lipinski definition) is 1. The molecule has 0 saturated carbocycles. The third-order valence-electron chi connectivity index (χ3n) is 4.64. The number of methoxy groups -OCH3 is 1. The number of amides is 1. The zero-order valence-electron chi connectivity index (χ0n) is 14.7. The van der Waals surface area contributed by atoms with Gasteiger partial charge in [0.2, 0.25) is 5.91 Å². The van der Waals surface area contributed by atoms with Gasteiger partial charge in [-0.25, -0.2) is 0 Å². The first kappa shape index (κ1) is 17.8. The monoisotopic (exact) mass is 318 g/mol. The van der Waals surface area contributed by atoms with E-state index in [9.17, 15) is 4.79 Å². The fourth-order valence-corrected chi connectivity index (χ4v) is 3.07. The highest BCUT2D eigenvalue weighted by atomic mass is 16.5. The molecule has 4 nitrogen and oxygen atoms in total. The van der Waals surface area contributed by atoms with Crippen molar-refractivity contribution in [2.75, 3.05) is 26.7 Å². The lowest BCUT2D eigenvalue weighted by Crippen LogP contribution is -2.40. The molecule has 0 bridgehead atoms. The van der Waals surface area contributed by atoms with Crippen LogP contribution in [0.3, 0.4) is 0 Å². The molecule has 1 N–H and O–H groups in total. The number of likely N-dealkylation sites (tertiary alicyclic amines) is 1. The van der Waals surface area contributed by atoms with E-state index in [1.807, 2.05) is 17.0 Å². The second kappa shape index (κ2) is 8.92. The molecule has 1 fully saturated rings. The summed E-state index contributed by atoms with van der Waals surface area (Å²) in [7, 11) is 1.69. The molecule has 0 spiro atoms. The van der Waals surface area contributed by atoms with Crippen molar-refractivity contribution in [2.24, 2.45) is 5.92 Å². The van der Waals surface area contributed by atoms with Crippen LogP contribution in [0, 0.1) is 5.92 Å². The molecular formula is C19H30N2O2. The van der Waals surface area contributed by atoms with Gasteiger partial charge in [0.25, 0.3) is 0 Å². The minimum absolute atomic E-state index is 0.290. The molecule has 128 valence electrons. The average Bonchev–Trinajstić information content (AvgIpc) is 2.55. The largest absolute Gasteiger partial charge is 0.497 e. The second-order valence-corrected chi connectivity index (χ2v) is 6.72. The number of benzene rings is 1. The summed E-state index contributed by atoms with van der Waals surface area (Å²) in [5.74, 6) is 1.95. The van der Waals surface area contributed by atoms with Gasteiger partial charge in [-0.15, -0.1) is 0 Å². The number of ether oxygens (including phenoxy) is 1. The van der Waals surface area contributed by atoms with Gasteiger partial charge in [0.05, 0.1) is 7.11 Å². The summed E-state index contributed by atoms with van der Waals surface area (Å²) in [5.41, 5.74) is 1.25. The summed E-state index contributed by atoms with van der Waals surface area (Å²) >= 11 is 0. The maximum absolute atomic E-state index is 12.2. The molecule has 1 saturated heterocycles. The number of rotatable bonds is 7. The van der Waals surface area contributed by atoms with E-state index in [0.29, 0.717) is 12.5 Å². The van der Waals surface area contributed by atoms with Gasteiger partial charge in [-0.2, -0.15) is 0 Å². The molecule has 0 radical (unpaired) electrons. The molecule has 1 unspecified atom stereocenters. The molecule has 1 aliphatic rings. The molecule has 1 heterocycles. The summed E-state index contributed by atoms with van der Waals surface area (Å²) in [4.78, 5) is 14.2. The zero-order chi connectivity index (χ0) is 16.7. The van der Waals surface area contributed by atoms with E-state index in [1.54, 1.807) is 7.11 Å². The maximum Gasteiger partial charge on any atom is 0.223 e. The van der Waals surface area contributed by atoms with E-state index in [0.717, 1.165) is 50.6 Å². The van der Waals surface area contributed by atoms with Gasteiger partial charge in [0.1, 0.15) is 5.75 Å². The van der Waals surface area contributed by atoms with Gasteiger partial charge in [-0.3, -0.25) is 4.79 Å². The average molecular weight is 318 g/mol. The molecule has 0 aromatic heterocycles. The van der Waals surface area contributed by atoms with Crippen molar-refractivity contribution in [3.63, 3.8) is 0 Å². The van der Waals surface area contributed by atoms with Gasteiger partial charge < -0.3 is 15.0 Å². The van der Waals surface area contributed by atoms with Crippen LogP contribution in [0.25, 0.3) is 0 Å². The van der Waals surface area contributed by atoms with Crippen LogP contribution in [-0.2, 0) is 11.2 Å². The number of carbonyl (C=O) groups excluding carboxylic acids is 1. The highest BCUT2D eigenvalue weighted by Crippen LogP contribution is 2.16. The van der Waals surface area contributed by atoms with E-state index < -0.39 is 0 Å². The van der Waals surface area contributed by atoms with Crippen LogP contribution in [0.1, 0.15) is 38.7 Å². The predicted octanol–water partition coefficient (Wildman–Crippen LogP) is 2.86. The van der Waals surface area contributed by atoms with Crippen LogP contribution in [0.4, 0.5) is 0 Å². The van der Waals surface area contributed by atoms with Crippen molar-refractivity contribution in [1.82, 2.24) is 10.2 Å². The van der Waals surface area contributed by atoms with Crippen LogP contribution in [0.5, 0.6) is 5.75 Å². The predicted molar refractivity (Wildman–Crippen MR) is 93.8 cm³/mol. The lowest BCUT2D eigenvalue weighted by Gasteiger charge is -2.30. The summed E-state index contributed by atoms with van der Waals surface area (Å²) < 4.78 is 5.25. The Hall–Kier alpha value is -1.55. The van der Waals surface area contributed by atoms with E-state index in [-0.39, 0.29) is 5.91 Å². The molecule has 1 aliphatic heterocycles. The van der Waals surface area contributed by atoms with E-state index in [4.69, 9.17) is 4.74 Å². The molecule has 1 aromatic carbocycles. The van der Waals surface area contributed by atoms with Crippen molar-refractivity contribution in [2.45, 2.75) is 45.6 Å². The fraction of sp³-hybridized carbons (Fsp3) is 0.632. The zero-order valence-corrected chi connectivity index (χ0v) is 14.7. The molecule has 1 aromatic rings. The molecule has 1 amide bonds. The van der Waals surface area contributed by atoms with E-state index >= 15 is 0 Å². The van der Waals surface area contributed by atoms with Gasteiger partial charge in [-0.05, 0) is 49.8 Å². The smallest absolute Gasteiger partial charge is 0.223 e. The number of piperidine rings is 1. The molecule has 4 heteroatoms. The SMILES string of the molecule is COc1cccc(CC(C)NCCC(=O)N2CCC(C)CC2)c1. The number of nitrogens with zero attached hydrogens (tertiary/aromatic N) is 1. The molecular weight excluding hydrogens is 288 g/mol. The fourth-order valence-electron chi connectivity index (χ4n) is 3.07. The molecule has 1 atom stereocenters. The number of carbonyl (C=O) groups is 1. The first-order valence-corrected chi connectivity index (χ1v) is 8.72. The van der Waals surface area contributed by atoms with Gasteiger partial charge in [-0.1, -0.05) is 19.1 Å². The van der Waals surface area contributed by atoms with Crippen LogP contribution in [0.2, 0.25) is 0 Å². The molecule has 2 rings (SSSR count). The van der Waals surface area contributed by atoms with Crippen molar-refractivity contribution < 1.29 is 9.53 Å². The van der Waals surface area contributed by atoms with Gasteiger partial charge in [0.15, 0.2) is 0 Å². The summed E-state index contributed by atoms with van der Waals surface area (Å²) in [5, 5.41) is 3.46. The molecule has 0 aliphatic carbocycles. The highest BCUT2D eigenvalue weighted by Gasteiger charge is 2.19. The Bertz CT molecular complexity index is 496. The first-order valence-electron chi connectivity index (χ1n) is 8.72. The Labute approximate surface area is 140 Å². The third kappa shape index (κ3) is 5.87. The lowest BCUT2D eigenvalue weighted by atomic mass is 9.99. The van der Waals surface area contributed by atoms with Crippen LogP contribution < -0.4 is 10.1 Å². The van der Waals surface area contributed by atoms with Crippen molar-refractivity contribution in [1.29, 1.82) is 0 Å². The number of hydrogen-bond acceptors (Lipinski definition) is 3. The number of nitrogens with one attached hydrogen (secondary N) is 1. The Morgan fingerprint density at radius 2 is 2.13 bits per heavy atom. The summed E-state index contributed by atoms with van der Waals surface area (Å²) in [6.07, 6.45) is 3.82. The van der Waals surface area contributed by atoms with Crippen molar-refractivity contribution >= 4 is 5.91 Å². The summed E-state index contributed by atoms with van der Waals surface area (Å²) in [6.45, 7) is 7.03. The Balaban J connectivity index is 1.68.